The number of hydrogen-bond acceptors (Lipinski definition) is 5. The number of rotatable bonds is 7. The second-order valence-electron chi connectivity index (χ2n) is 5.69. The Hall–Kier alpha value is -2.54. The number of halogens is 1. The molecule has 0 aliphatic heterocycles. The zero-order valence-electron chi connectivity index (χ0n) is 15.2. The largest absolute Gasteiger partial charge is 0.496 e. The van der Waals surface area contributed by atoms with Gasteiger partial charge in [-0.2, -0.15) is 5.10 Å². The highest BCUT2D eigenvalue weighted by atomic mass is 79.9. The van der Waals surface area contributed by atoms with Gasteiger partial charge in [0.1, 0.15) is 11.5 Å². The number of nitrogens with one attached hydrogen (secondary N) is 2. The molecule has 2 aromatic rings. The van der Waals surface area contributed by atoms with E-state index in [-0.39, 0.29) is 12.5 Å². The number of amides is 1. The monoisotopic (exact) mass is 419 g/mol. The summed E-state index contributed by atoms with van der Waals surface area (Å²) in [5.74, 6) is 1.00. The number of hydrazone groups is 1. The predicted octanol–water partition coefficient (Wildman–Crippen LogP) is 3.65. The maximum absolute atomic E-state index is 12.0. The molecule has 0 unspecified atom stereocenters. The molecule has 26 heavy (non-hydrogen) atoms. The van der Waals surface area contributed by atoms with E-state index in [1.807, 2.05) is 26.0 Å². The molecule has 7 heteroatoms. The lowest BCUT2D eigenvalue weighted by molar-refractivity contribution is -0.119. The third-order valence-corrected chi connectivity index (χ3v) is 4.34. The Kier molecular flexibility index (Phi) is 7.03. The van der Waals surface area contributed by atoms with Gasteiger partial charge < -0.3 is 14.8 Å². The van der Waals surface area contributed by atoms with Gasteiger partial charge in [0.25, 0.3) is 5.91 Å². The molecule has 0 radical (unpaired) electrons. The van der Waals surface area contributed by atoms with Crippen LogP contribution in [0, 0.1) is 13.8 Å². The maximum atomic E-state index is 12.0. The van der Waals surface area contributed by atoms with Gasteiger partial charge in [-0.15, -0.1) is 0 Å². The third kappa shape index (κ3) is 5.23. The van der Waals surface area contributed by atoms with E-state index >= 15 is 0 Å². The number of aryl methyl sites for hydroxylation is 2. The average Bonchev–Trinajstić information content (AvgIpc) is 2.61. The molecule has 0 bridgehead atoms. The summed E-state index contributed by atoms with van der Waals surface area (Å²) < 4.78 is 11.3. The lowest BCUT2D eigenvalue weighted by Gasteiger charge is -2.10. The first-order chi connectivity index (χ1) is 12.4. The van der Waals surface area contributed by atoms with Crippen LogP contribution in [-0.4, -0.2) is 32.9 Å². The van der Waals surface area contributed by atoms with Gasteiger partial charge in [0, 0.05) is 17.3 Å². The lowest BCUT2D eigenvalue weighted by Crippen LogP contribution is -2.26. The van der Waals surface area contributed by atoms with Crippen LogP contribution in [0.2, 0.25) is 0 Å². The minimum Gasteiger partial charge on any atom is -0.496 e. The van der Waals surface area contributed by atoms with Crippen molar-refractivity contribution < 1.29 is 14.3 Å². The minimum atomic E-state index is -0.243. The van der Waals surface area contributed by atoms with Gasteiger partial charge in [0.2, 0.25) is 0 Å². The fraction of sp³-hybridized carbons (Fsp3) is 0.263. The molecular formula is C19H22BrN3O3. The van der Waals surface area contributed by atoms with E-state index < -0.39 is 0 Å². The smallest absolute Gasteiger partial charge is 0.259 e. The Bertz CT molecular complexity index is 822. The molecule has 0 fully saturated rings. The lowest BCUT2D eigenvalue weighted by atomic mass is 10.1. The van der Waals surface area contributed by atoms with Crippen LogP contribution < -0.4 is 20.2 Å². The number of carbonyl (C=O) groups excluding carboxylic acids is 1. The highest BCUT2D eigenvalue weighted by Gasteiger charge is 2.08. The zero-order chi connectivity index (χ0) is 19.1. The third-order valence-electron chi connectivity index (χ3n) is 3.72. The second-order valence-corrected chi connectivity index (χ2v) is 6.55. The number of methoxy groups -OCH3 is 2. The van der Waals surface area contributed by atoms with Crippen LogP contribution in [0.15, 0.2) is 39.9 Å². The summed E-state index contributed by atoms with van der Waals surface area (Å²) in [5.41, 5.74) is 6.41. The molecule has 0 heterocycles. The molecule has 0 saturated carbocycles. The van der Waals surface area contributed by atoms with Gasteiger partial charge in [0.15, 0.2) is 0 Å². The minimum absolute atomic E-state index is 0.130. The molecule has 2 N–H and O–H groups in total. The normalized spacial score (nSPS) is 10.7. The summed E-state index contributed by atoms with van der Waals surface area (Å²) in [4.78, 5) is 12.0. The van der Waals surface area contributed by atoms with Crippen LogP contribution in [0.3, 0.4) is 0 Å². The molecular weight excluding hydrogens is 398 g/mol. The van der Waals surface area contributed by atoms with Gasteiger partial charge in [-0.05, 0) is 47.5 Å². The van der Waals surface area contributed by atoms with Crippen molar-refractivity contribution in [1.29, 1.82) is 0 Å². The quantitative estimate of drug-likeness (QED) is 0.530. The van der Waals surface area contributed by atoms with Crippen LogP contribution in [0.5, 0.6) is 11.5 Å². The Morgan fingerprint density at radius 1 is 1.15 bits per heavy atom. The van der Waals surface area contributed by atoms with Crippen molar-refractivity contribution in [1.82, 2.24) is 5.43 Å². The van der Waals surface area contributed by atoms with E-state index in [0.29, 0.717) is 17.1 Å². The van der Waals surface area contributed by atoms with Gasteiger partial charge in [-0.1, -0.05) is 17.7 Å². The first-order valence-corrected chi connectivity index (χ1v) is 8.78. The Morgan fingerprint density at radius 2 is 1.88 bits per heavy atom. The molecule has 6 nitrogen and oxygen atoms in total. The van der Waals surface area contributed by atoms with Crippen molar-refractivity contribution in [3.63, 3.8) is 0 Å². The highest BCUT2D eigenvalue weighted by molar-refractivity contribution is 9.10. The summed E-state index contributed by atoms with van der Waals surface area (Å²) in [6.07, 6.45) is 1.53. The molecule has 2 rings (SSSR count). The fourth-order valence-corrected chi connectivity index (χ4v) is 2.91. The standard InChI is InChI=1S/C19H22BrN3O3/c1-12-5-6-16(13(2)7-12)21-11-19(24)23-22-10-14-8-15(20)18(26-4)9-17(14)25-3/h5-10,21H,11H2,1-4H3,(H,23,24)/b22-10-. The Labute approximate surface area is 161 Å². The number of carbonyl (C=O) groups is 1. The number of nitrogens with zero attached hydrogens (tertiary/aromatic N) is 1. The number of ether oxygens (including phenoxy) is 2. The summed E-state index contributed by atoms with van der Waals surface area (Å²) in [6, 6.07) is 9.57. The van der Waals surface area contributed by atoms with E-state index in [0.717, 1.165) is 15.7 Å². The molecule has 2 aromatic carbocycles. The summed E-state index contributed by atoms with van der Waals surface area (Å²) in [5, 5.41) is 7.09. The van der Waals surface area contributed by atoms with E-state index in [9.17, 15) is 4.79 Å². The van der Waals surface area contributed by atoms with Crippen molar-refractivity contribution in [2.45, 2.75) is 13.8 Å². The van der Waals surface area contributed by atoms with Crippen molar-refractivity contribution in [2.75, 3.05) is 26.1 Å². The molecule has 0 aromatic heterocycles. The SMILES string of the molecule is COc1cc(OC)c(/C=N\NC(=O)CNc2ccc(C)cc2C)cc1Br. The fourth-order valence-electron chi connectivity index (χ4n) is 2.39. The Morgan fingerprint density at radius 3 is 2.54 bits per heavy atom. The van der Waals surface area contributed by atoms with Crippen molar-refractivity contribution >= 4 is 33.7 Å². The van der Waals surface area contributed by atoms with E-state index in [4.69, 9.17) is 9.47 Å². The predicted molar refractivity (Wildman–Crippen MR) is 107 cm³/mol. The van der Waals surface area contributed by atoms with Gasteiger partial charge in [-0.25, -0.2) is 5.43 Å². The number of hydrogen-bond donors (Lipinski definition) is 2. The topological polar surface area (TPSA) is 72.0 Å². The first kappa shape index (κ1) is 19.8. The molecule has 0 aliphatic carbocycles. The zero-order valence-corrected chi connectivity index (χ0v) is 16.8. The highest BCUT2D eigenvalue weighted by Crippen LogP contribution is 2.31. The molecule has 0 spiro atoms. The molecule has 0 aliphatic rings. The van der Waals surface area contributed by atoms with Crippen molar-refractivity contribution in [3.05, 3.63) is 51.5 Å². The maximum Gasteiger partial charge on any atom is 0.259 e. The summed E-state index contributed by atoms with van der Waals surface area (Å²) in [6.45, 7) is 4.16. The van der Waals surface area contributed by atoms with Gasteiger partial charge in [-0.3, -0.25) is 4.79 Å². The molecule has 0 saturated heterocycles. The Balaban J connectivity index is 1.95. The molecule has 0 atom stereocenters. The summed E-state index contributed by atoms with van der Waals surface area (Å²) in [7, 11) is 3.14. The van der Waals surface area contributed by atoms with Crippen LogP contribution in [-0.2, 0) is 4.79 Å². The van der Waals surface area contributed by atoms with Crippen molar-refractivity contribution in [3.8, 4) is 11.5 Å². The first-order valence-electron chi connectivity index (χ1n) is 7.99. The van der Waals surface area contributed by atoms with Crippen LogP contribution >= 0.6 is 15.9 Å². The number of benzene rings is 2. The summed E-state index contributed by atoms with van der Waals surface area (Å²) >= 11 is 3.41. The van der Waals surface area contributed by atoms with Crippen LogP contribution in [0.4, 0.5) is 5.69 Å². The van der Waals surface area contributed by atoms with E-state index in [2.05, 4.69) is 37.8 Å². The number of anilines is 1. The van der Waals surface area contributed by atoms with Crippen molar-refractivity contribution in [2.24, 2.45) is 5.10 Å². The van der Waals surface area contributed by atoms with Gasteiger partial charge >= 0.3 is 0 Å². The van der Waals surface area contributed by atoms with Gasteiger partial charge in [0.05, 0.1) is 31.5 Å². The van der Waals surface area contributed by atoms with Crippen LogP contribution in [0.25, 0.3) is 0 Å². The van der Waals surface area contributed by atoms with Crippen LogP contribution in [0.1, 0.15) is 16.7 Å². The second kappa shape index (κ2) is 9.24. The van der Waals surface area contributed by atoms with E-state index in [1.54, 1.807) is 26.4 Å². The molecule has 138 valence electrons. The molecule has 1 amide bonds. The van der Waals surface area contributed by atoms with E-state index in [1.165, 1.54) is 11.8 Å². The average molecular weight is 420 g/mol.